The van der Waals surface area contributed by atoms with E-state index in [0.29, 0.717) is 16.9 Å². The van der Waals surface area contributed by atoms with E-state index in [2.05, 4.69) is 139 Å². The van der Waals surface area contributed by atoms with Crippen LogP contribution in [-0.4, -0.2) is 9.13 Å². The fraction of sp³-hybridized carbons (Fsp3) is 0.0909. The zero-order chi connectivity index (χ0) is 43.0. The molecule has 0 saturated heterocycles. The molecule has 0 N–H and O–H groups in total. The van der Waals surface area contributed by atoms with Crippen LogP contribution in [0.1, 0.15) is 33.4 Å². The van der Waals surface area contributed by atoms with Crippen molar-refractivity contribution in [3.63, 3.8) is 0 Å². The summed E-state index contributed by atoms with van der Waals surface area (Å²) in [5, 5.41) is 14.4. The molecule has 0 aliphatic rings. The standard InChI is InChI=1S/C55H37F3N4/c1-32-14-19-40(34(3)24-32)36-16-21-45-43-10-6-8-12-49(43)61(51(45)27-36)53-29-47(42-23-18-39(55(56,57)58)26-38(42)31-59)48(60-5)30-54(53)62-50-13-9-7-11-44(50)46-22-17-37(28-52(46)62)41-20-15-33(2)25-35(41)4/h6-30H,1-4H3. The molecule has 4 nitrogen and oxygen atoms in total. The van der Waals surface area contributed by atoms with Gasteiger partial charge in [-0.3, -0.25) is 0 Å². The third-order valence-corrected chi connectivity index (χ3v) is 12.2. The third kappa shape index (κ3) is 6.13. The second kappa shape index (κ2) is 14.4. The van der Waals surface area contributed by atoms with Crippen LogP contribution in [0.2, 0.25) is 0 Å². The van der Waals surface area contributed by atoms with Gasteiger partial charge in [0.25, 0.3) is 0 Å². The number of nitriles is 1. The highest BCUT2D eigenvalue weighted by molar-refractivity contribution is 6.13. The van der Waals surface area contributed by atoms with Gasteiger partial charge in [-0.05, 0) is 121 Å². The van der Waals surface area contributed by atoms with Crippen LogP contribution in [-0.2, 0) is 6.18 Å². The average Bonchev–Trinajstić information content (AvgIpc) is 3.77. The van der Waals surface area contributed by atoms with Crippen molar-refractivity contribution in [2.45, 2.75) is 33.9 Å². The smallest absolute Gasteiger partial charge is 0.308 e. The number of fused-ring (bicyclic) bond motifs is 6. The van der Waals surface area contributed by atoms with Gasteiger partial charge in [-0.15, -0.1) is 0 Å². The highest BCUT2D eigenvalue weighted by Gasteiger charge is 2.32. The summed E-state index contributed by atoms with van der Waals surface area (Å²) in [4.78, 5) is 4.02. The Kier molecular flexibility index (Phi) is 8.91. The maximum Gasteiger partial charge on any atom is 0.416 e. The molecule has 2 heterocycles. The van der Waals surface area contributed by atoms with Gasteiger partial charge in [0, 0.05) is 21.5 Å². The van der Waals surface area contributed by atoms with Crippen molar-refractivity contribution in [2.24, 2.45) is 0 Å². The molecular formula is C55H37F3N4. The number of alkyl halides is 3. The summed E-state index contributed by atoms with van der Waals surface area (Å²) in [6, 6.07) is 51.2. The molecule has 0 atom stereocenters. The lowest BCUT2D eigenvalue weighted by molar-refractivity contribution is -0.137. The molecule has 2 aromatic heterocycles. The van der Waals surface area contributed by atoms with E-state index in [4.69, 9.17) is 6.57 Å². The van der Waals surface area contributed by atoms with E-state index in [1.54, 1.807) is 0 Å². The highest BCUT2D eigenvalue weighted by Crippen LogP contribution is 2.45. The lowest BCUT2D eigenvalue weighted by Gasteiger charge is -2.21. The van der Waals surface area contributed by atoms with Crippen LogP contribution in [0.3, 0.4) is 0 Å². The Bertz CT molecular complexity index is 3590. The van der Waals surface area contributed by atoms with Gasteiger partial charge in [-0.2, -0.15) is 18.4 Å². The maximum absolute atomic E-state index is 14.0. The summed E-state index contributed by atoms with van der Waals surface area (Å²) >= 11 is 0. The minimum Gasteiger partial charge on any atom is -0.308 e. The third-order valence-electron chi connectivity index (χ3n) is 12.2. The van der Waals surface area contributed by atoms with Crippen LogP contribution in [0.15, 0.2) is 152 Å². The number of hydrogen-bond donors (Lipinski definition) is 0. The Morgan fingerprint density at radius 1 is 0.500 bits per heavy atom. The summed E-state index contributed by atoms with van der Waals surface area (Å²) in [6.45, 7) is 16.9. The molecule has 0 fully saturated rings. The SMILES string of the molecule is [C-]#[N+]c1cc(-n2c3ccccc3c3ccc(-c4ccc(C)cc4C)cc32)c(-n2c3ccccc3c3ccc(-c4ccc(C)cc4C)cc32)cc1-c1ccc(C(F)(F)F)cc1C#N. The molecule has 10 aromatic rings. The van der Waals surface area contributed by atoms with Crippen LogP contribution in [0.5, 0.6) is 0 Å². The first-order chi connectivity index (χ1) is 29.9. The van der Waals surface area contributed by atoms with Crippen LogP contribution in [0, 0.1) is 45.6 Å². The van der Waals surface area contributed by atoms with E-state index in [9.17, 15) is 18.4 Å². The van der Waals surface area contributed by atoms with Gasteiger partial charge in [-0.25, -0.2) is 4.85 Å². The zero-order valence-corrected chi connectivity index (χ0v) is 34.4. The normalized spacial score (nSPS) is 11.8. The van der Waals surface area contributed by atoms with Gasteiger partial charge in [0.05, 0.1) is 57.2 Å². The first kappa shape index (κ1) is 38.3. The number of halogens is 3. The molecular weight excluding hydrogens is 774 g/mol. The lowest BCUT2D eigenvalue weighted by atomic mass is 9.95. The van der Waals surface area contributed by atoms with Gasteiger partial charge in [0.2, 0.25) is 0 Å². The lowest BCUT2D eigenvalue weighted by Crippen LogP contribution is -2.06. The van der Waals surface area contributed by atoms with Crippen molar-refractivity contribution < 1.29 is 13.2 Å². The van der Waals surface area contributed by atoms with E-state index in [1.807, 2.05) is 42.5 Å². The monoisotopic (exact) mass is 810 g/mol. The molecule has 0 radical (unpaired) electrons. The molecule has 0 aliphatic heterocycles. The number of para-hydroxylation sites is 2. The molecule has 298 valence electrons. The van der Waals surface area contributed by atoms with Crippen molar-refractivity contribution in [3.8, 4) is 50.8 Å². The predicted octanol–water partition coefficient (Wildman–Crippen LogP) is 15.6. The molecule has 62 heavy (non-hydrogen) atoms. The Hall–Kier alpha value is -7.87. The molecule has 10 rings (SSSR count). The molecule has 8 aromatic carbocycles. The summed E-state index contributed by atoms with van der Waals surface area (Å²) in [6.07, 6.45) is -4.65. The van der Waals surface area contributed by atoms with Crippen molar-refractivity contribution >= 4 is 49.3 Å². The van der Waals surface area contributed by atoms with Crippen molar-refractivity contribution in [1.82, 2.24) is 9.13 Å². The van der Waals surface area contributed by atoms with Crippen LogP contribution in [0.4, 0.5) is 18.9 Å². The fourth-order valence-corrected chi connectivity index (χ4v) is 9.35. The average molecular weight is 811 g/mol. The topological polar surface area (TPSA) is 38.0 Å². The Morgan fingerprint density at radius 3 is 1.47 bits per heavy atom. The van der Waals surface area contributed by atoms with Crippen molar-refractivity contribution in [1.29, 1.82) is 5.26 Å². The largest absolute Gasteiger partial charge is 0.416 e. The summed E-state index contributed by atoms with van der Waals surface area (Å²) < 4.78 is 46.4. The number of hydrogen-bond acceptors (Lipinski definition) is 1. The molecule has 0 aliphatic carbocycles. The van der Waals surface area contributed by atoms with Crippen LogP contribution in [0.25, 0.3) is 93.2 Å². The molecule has 0 saturated carbocycles. The Balaban J connectivity index is 1.36. The number of nitrogens with zero attached hydrogens (tertiary/aromatic N) is 4. The summed E-state index contributed by atoms with van der Waals surface area (Å²) in [5.74, 6) is 0. The summed E-state index contributed by atoms with van der Waals surface area (Å²) in [7, 11) is 0. The highest BCUT2D eigenvalue weighted by atomic mass is 19.4. The number of aromatic nitrogens is 2. The first-order valence-corrected chi connectivity index (χ1v) is 20.3. The van der Waals surface area contributed by atoms with Gasteiger partial charge < -0.3 is 9.13 Å². The van der Waals surface area contributed by atoms with E-state index in [-0.39, 0.29) is 16.8 Å². The van der Waals surface area contributed by atoms with Crippen molar-refractivity contribution in [2.75, 3.05) is 0 Å². The first-order valence-electron chi connectivity index (χ1n) is 20.3. The van der Waals surface area contributed by atoms with E-state index >= 15 is 0 Å². The number of rotatable bonds is 5. The zero-order valence-electron chi connectivity index (χ0n) is 34.4. The minimum absolute atomic E-state index is 0.169. The number of benzene rings is 8. The second-order valence-electron chi connectivity index (χ2n) is 16.1. The molecule has 0 bridgehead atoms. The molecule has 0 spiro atoms. The van der Waals surface area contributed by atoms with Gasteiger partial charge in [0.15, 0.2) is 5.69 Å². The van der Waals surface area contributed by atoms with Gasteiger partial charge in [-0.1, -0.05) is 114 Å². The van der Waals surface area contributed by atoms with Gasteiger partial charge in [0.1, 0.15) is 0 Å². The number of aryl methyl sites for hydroxylation is 4. The van der Waals surface area contributed by atoms with E-state index < -0.39 is 11.7 Å². The van der Waals surface area contributed by atoms with Crippen LogP contribution >= 0.6 is 0 Å². The molecule has 0 amide bonds. The van der Waals surface area contributed by atoms with Crippen LogP contribution < -0.4 is 0 Å². The quantitative estimate of drug-likeness (QED) is 0.160. The fourth-order valence-electron chi connectivity index (χ4n) is 9.35. The molecule has 7 heteroatoms. The minimum atomic E-state index is -4.65. The van der Waals surface area contributed by atoms with Crippen molar-refractivity contribution in [3.05, 3.63) is 196 Å². The Labute approximate surface area is 356 Å². The van der Waals surface area contributed by atoms with E-state index in [0.717, 1.165) is 89.1 Å². The van der Waals surface area contributed by atoms with Gasteiger partial charge >= 0.3 is 6.18 Å². The second-order valence-corrected chi connectivity index (χ2v) is 16.1. The Morgan fingerprint density at radius 2 is 0.984 bits per heavy atom. The predicted molar refractivity (Wildman–Crippen MR) is 246 cm³/mol. The van der Waals surface area contributed by atoms with E-state index in [1.165, 1.54) is 17.2 Å². The molecule has 0 unspecified atom stereocenters. The maximum atomic E-state index is 14.0. The summed E-state index contributed by atoms with van der Waals surface area (Å²) in [5.41, 5.74) is 13.7.